The number of nitrogen functional groups attached to an aromatic ring is 1. The molecule has 1 heterocycles. The number of carbonyl (C=O) groups is 1. The second kappa shape index (κ2) is 4.18. The third-order valence-electron chi connectivity index (χ3n) is 1.63. The van der Waals surface area contributed by atoms with Crippen LogP contribution in [0.15, 0.2) is 0 Å². The minimum absolute atomic E-state index is 0.356. The number of carbonyl (C=O) groups excluding carboxylic acids is 1. The maximum Gasteiger partial charge on any atom is 0.358 e. The second-order valence-electron chi connectivity index (χ2n) is 4.18. The summed E-state index contributed by atoms with van der Waals surface area (Å²) in [5.74, 6) is -0.396. The topological polar surface area (TPSA) is 65.2 Å². The molecule has 0 bridgehead atoms. The van der Waals surface area contributed by atoms with E-state index in [4.69, 9.17) is 10.5 Å². The Labute approximate surface area is 93.5 Å². The molecule has 0 amide bonds. The monoisotopic (exact) mass is 228 g/mol. The first-order valence-electron chi connectivity index (χ1n) is 4.82. The first-order chi connectivity index (χ1) is 6.83. The number of thiazole rings is 1. The third kappa shape index (κ3) is 3.20. The van der Waals surface area contributed by atoms with E-state index in [1.165, 1.54) is 11.3 Å². The molecule has 2 N–H and O–H groups in total. The van der Waals surface area contributed by atoms with Gasteiger partial charge in [-0.3, -0.25) is 0 Å². The number of rotatable bonds is 2. The van der Waals surface area contributed by atoms with Crippen LogP contribution < -0.4 is 5.73 Å². The van der Waals surface area contributed by atoms with Crippen LogP contribution in [0.4, 0.5) is 5.13 Å². The fraction of sp³-hybridized carbons (Fsp3) is 0.600. The molecule has 15 heavy (non-hydrogen) atoms. The molecule has 0 radical (unpaired) electrons. The van der Waals surface area contributed by atoms with Crippen LogP contribution >= 0.6 is 11.3 Å². The van der Waals surface area contributed by atoms with Crippen LogP contribution in [-0.2, 0) is 11.2 Å². The first-order valence-corrected chi connectivity index (χ1v) is 5.63. The Morgan fingerprint density at radius 1 is 1.53 bits per heavy atom. The van der Waals surface area contributed by atoms with E-state index in [1.807, 2.05) is 27.7 Å². The molecule has 0 fully saturated rings. The maximum absolute atomic E-state index is 11.7. The van der Waals surface area contributed by atoms with Gasteiger partial charge in [0.25, 0.3) is 0 Å². The molecule has 0 unspecified atom stereocenters. The number of aryl methyl sites for hydroxylation is 1. The van der Waals surface area contributed by atoms with Crippen LogP contribution in [0.3, 0.4) is 0 Å². The largest absolute Gasteiger partial charge is 0.455 e. The molecule has 84 valence electrons. The van der Waals surface area contributed by atoms with Gasteiger partial charge in [0, 0.05) is 4.88 Å². The zero-order chi connectivity index (χ0) is 11.6. The number of esters is 1. The van der Waals surface area contributed by atoms with Crippen molar-refractivity contribution < 1.29 is 9.53 Å². The van der Waals surface area contributed by atoms with Gasteiger partial charge in [-0.1, -0.05) is 6.92 Å². The molecule has 1 rings (SSSR count). The van der Waals surface area contributed by atoms with E-state index >= 15 is 0 Å². The van der Waals surface area contributed by atoms with Crippen molar-refractivity contribution in [1.29, 1.82) is 0 Å². The summed E-state index contributed by atoms with van der Waals surface area (Å²) in [6.45, 7) is 7.44. The fourth-order valence-corrected chi connectivity index (χ4v) is 1.85. The van der Waals surface area contributed by atoms with Gasteiger partial charge in [-0.05, 0) is 27.2 Å². The van der Waals surface area contributed by atoms with Crippen LogP contribution in [0.5, 0.6) is 0 Å². The number of anilines is 1. The highest BCUT2D eigenvalue weighted by atomic mass is 32.1. The van der Waals surface area contributed by atoms with E-state index in [0.29, 0.717) is 10.8 Å². The lowest BCUT2D eigenvalue weighted by Gasteiger charge is -2.18. The van der Waals surface area contributed by atoms with Gasteiger partial charge >= 0.3 is 5.97 Å². The highest BCUT2D eigenvalue weighted by molar-refractivity contribution is 7.15. The molecule has 0 aliphatic carbocycles. The first kappa shape index (κ1) is 12.0. The lowest BCUT2D eigenvalue weighted by atomic mass is 10.2. The predicted molar refractivity (Wildman–Crippen MR) is 61.1 cm³/mol. The molecule has 0 saturated carbocycles. The zero-order valence-electron chi connectivity index (χ0n) is 9.46. The van der Waals surface area contributed by atoms with E-state index in [0.717, 1.165) is 11.3 Å². The van der Waals surface area contributed by atoms with Crippen molar-refractivity contribution in [2.24, 2.45) is 0 Å². The van der Waals surface area contributed by atoms with Gasteiger partial charge in [0.05, 0.1) is 0 Å². The number of hydrogen-bond acceptors (Lipinski definition) is 5. The minimum Gasteiger partial charge on any atom is -0.455 e. The van der Waals surface area contributed by atoms with Crippen LogP contribution in [0.2, 0.25) is 0 Å². The Balaban J connectivity index is 2.91. The number of nitrogens with zero attached hydrogens (tertiary/aromatic N) is 1. The van der Waals surface area contributed by atoms with Crippen LogP contribution in [0, 0.1) is 0 Å². The fourth-order valence-electron chi connectivity index (χ4n) is 1.10. The number of hydrogen-bond donors (Lipinski definition) is 1. The standard InChI is InChI=1S/C10H16N2O2S/c1-5-6-7(12-9(11)15-6)8(13)14-10(2,3)4/h5H2,1-4H3,(H2,11,12). The molecule has 0 aliphatic rings. The summed E-state index contributed by atoms with van der Waals surface area (Å²) in [6, 6.07) is 0. The SMILES string of the molecule is CCc1sc(N)nc1C(=O)OC(C)(C)C. The third-order valence-corrected chi connectivity index (χ3v) is 2.66. The molecule has 1 aromatic heterocycles. The summed E-state index contributed by atoms with van der Waals surface area (Å²) in [5.41, 5.74) is 5.41. The number of aromatic nitrogens is 1. The van der Waals surface area contributed by atoms with E-state index in [2.05, 4.69) is 4.98 Å². The van der Waals surface area contributed by atoms with E-state index in [9.17, 15) is 4.79 Å². The summed E-state index contributed by atoms with van der Waals surface area (Å²) in [7, 11) is 0. The van der Waals surface area contributed by atoms with Gasteiger partial charge in [0.15, 0.2) is 10.8 Å². The summed E-state index contributed by atoms with van der Waals surface area (Å²) in [6.07, 6.45) is 0.740. The second-order valence-corrected chi connectivity index (χ2v) is 5.29. The van der Waals surface area contributed by atoms with Crippen molar-refractivity contribution in [2.75, 3.05) is 5.73 Å². The smallest absolute Gasteiger partial charge is 0.358 e. The average Bonchev–Trinajstić information content (AvgIpc) is 2.43. The highest BCUT2D eigenvalue weighted by Crippen LogP contribution is 2.23. The molecule has 0 spiro atoms. The van der Waals surface area contributed by atoms with Crippen molar-refractivity contribution >= 4 is 22.4 Å². The van der Waals surface area contributed by atoms with E-state index in [1.54, 1.807) is 0 Å². The zero-order valence-corrected chi connectivity index (χ0v) is 10.3. The van der Waals surface area contributed by atoms with Gasteiger partial charge in [-0.2, -0.15) is 0 Å². The minimum atomic E-state index is -0.500. The van der Waals surface area contributed by atoms with Crippen LogP contribution in [0.1, 0.15) is 43.1 Å². The Kier molecular flexibility index (Phi) is 3.34. The molecular formula is C10H16N2O2S. The van der Waals surface area contributed by atoms with Crippen LogP contribution in [-0.4, -0.2) is 16.6 Å². The van der Waals surface area contributed by atoms with Gasteiger partial charge < -0.3 is 10.5 Å². The van der Waals surface area contributed by atoms with E-state index in [-0.39, 0.29) is 0 Å². The van der Waals surface area contributed by atoms with Gasteiger partial charge in [0.2, 0.25) is 0 Å². The Morgan fingerprint density at radius 3 is 2.60 bits per heavy atom. The molecule has 4 nitrogen and oxygen atoms in total. The number of ether oxygens (including phenoxy) is 1. The van der Waals surface area contributed by atoms with Crippen LogP contribution in [0.25, 0.3) is 0 Å². The number of nitrogens with two attached hydrogens (primary N) is 1. The molecule has 0 aromatic carbocycles. The predicted octanol–water partition coefficient (Wildman–Crippen LogP) is 2.24. The van der Waals surface area contributed by atoms with Gasteiger partial charge in [-0.15, -0.1) is 11.3 Å². The Bertz CT molecular complexity index is 366. The van der Waals surface area contributed by atoms with Crippen molar-refractivity contribution in [1.82, 2.24) is 4.98 Å². The van der Waals surface area contributed by atoms with Crippen molar-refractivity contribution in [3.8, 4) is 0 Å². The molecule has 0 aliphatic heterocycles. The van der Waals surface area contributed by atoms with E-state index < -0.39 is 11.6 Å². The maximum atomic E-state index is 11.7. The van der Waals surface area contributed by atoms with Crippen molar-refractivity contribution in [3.63, 3.8) is 0 Å². The molecule has 0 saturated heterocycles. The summed E-state index contributed by atoms with van der Waals surface area (Å²) >= 11 is 1.33. The molecule has 5 heteroatoms. The summed E-state index contributed by atoms with van der Waals surface area (Å²) in [5, 5.41) is 0.410. The van der Waals surface area contributed by atoms with Gasteiger partial charge in [-0.25, -0.2) is 9.78 Å². The highest BCUT2D eigenvalue weighted by Gasteiger charge is 2.22. The average molecular weight is 228 g/mol. The lowest BCUT2D eigenvalue weighted by Crippen LogP contribution is -2.24. The molecule has 0 atom stereocenters. The summed E-state index contributed by atoms with van der Waals surface area (Å²) in [4.78, 5) is 16.6. The lowest BCUT2D eigenvalue weighted by molar-refractivity contribution is 0.00627. The normalized spacial score (nSPS) is 11.5. The molecular weight excluding hydrogens is 212 g/mol. The van der Waals surface area contributed by atoms with Crippen molar-refractivity contribution in [3.05, 3.63) is 10.6 Å². The van der Waals surface area contributed by atoms with Crippen molar-refractivity contribution in [2.45, 2.75) is 39.7 Å². The quantitative estimate of drug-likeness (QED) is 0.788. The Hall–Kier alpha value is -1.10. The van der Waals surface area contributed by atoms with Gasteiger partial charge in [0.1, 0.15) is 5.60 Å². The Morgan fingerprint density at radius 2 is 2.13 bits per heavy atom. The summed E-state index contributed by atoms with van der Waals surface area (Å²) < 4.78 is 5.23. The molecule has 1 aromatic rings.